The molecule has 0 aromatic rings. The highest BCUT2D eigenvalue weighted by Gasteiger charge is 2.70. The van der Waals surface area contributed by atoms with Gasteiger partial charge in [-0.25, -0.2) is 4.79 Å². The van der Waals surface area contributed by atoms with Crippen LogP contribution in [0.2, 0.25) is 0 Å². The number of carbonyl (C=O) groups excluding carboxylic acids is 1. The number of carboxylic acid groups (broad SMARTS) is 1. The highest BCUT2D eigenvalue weighted by Crippen LogP contribution is 2.74. The second kappa shape index (κ2) is 9.82. The molecule has 0 aromatic heterocycles. The van der Waals surface area contributed by atoms with Crippen molar-refractivity contribution in [3.63, 3.8) is 0 Å². The van der Waals surface area contributed by atoms with Crippen molar-refractivity contribution < 1.29 is 29.6 Å². The molecule has 0 saturated heterocycles. The number of hydrogen-bond acceptors (Lipinski definition) is 5. The lowest BCUT2D eigenvalue weighted by atomic mass is 9.36. The van der Waals surface area contributed by atoms with Crippen molar-refractivity contribution in [2.75, 3.05) is 0 Å². The number of esters is 1. The number of aliphatic hydroxyl groups excluding tert-OH is 2. The van der Waals surface area contributed by atoms with Gasteiger partial charge in [-0.05, 0) is 111 Å². The molecule has 4 saturated carbocycles. The van der Waals surface area contributed by atoms with Crippen LogP contribution in [0.25, 0.3) is 0 Å². The van der Waals surface area contributed by atoms with Gasteiger partial charge in [-0.3, -0.25) is 4.79 Å². The number of carbonyl (C=O) groups is 2. The zero-order valence-electron chi connectivity index (χ0n) is 23.8. The average Bonchev–Trinajstić information content (AvgIpc) is 3.05. The highest BCUT2D eigenvalue weighted by molar-refractivity contribution is 5.88. The number of ether oxygens (including phenoxy) is 1. The number of carboxylic acids is 1. The first-order valence-corrected chi connectivity index (χ1v) is 14.3. The molecule has 0 amide bonds. The van der Waals surface area contributed by atoms with Gasteiger partial charge in [0.05, 0.1) is 12.2 Å². The van der Waals surface area contributed by atoms with Crippen molar-refractivity contribution in [2.24, 2.45) is 39.9 Å². The van der Waals surface area contributed by atoms with Gasteiger partial charge in [-0.2, -0.15) is 0 Å². The first-order valence-electron chi connectivity index (χ1n) is 14.3. The number of aliphatic carboxylic acids is 1. The third-order valence-corrected chi connectivity index (χ3v) is 11.6. The predicted molar refractivity (Wildman–Crippen MR) is 143 cm³/mol. The van der Waals surface area contributed by atoms with Crippen molar-refractivity contribution in [2.45, 2.75) is 118 Å². The fraction of sp³-hybridized carbons (Fsp3) is 0.806. The molecule has 3 N–H and O–H groups in total. The molecule has 6 heteroatoms. The van der Waals surface area contributed by atoms with Gasteiger partial charge < -0.3 is 20.1 Å². The van der Waals surface area contributed by atoms with E-state index in [0.29, 0.717) is 37.2 Å². The number of rotatable bonds is 5. The first-order chi connectivity index (χ1) is 17.2. The zero-order chi connectivity index (χ0) is 27.5. The Morgan fingerprint density at radius 3 is 2.30 bits per heavy atom. The number of fused-ring (bicyclic) bond motifs is 5. The Morgan fingerprint density at radius 1 is 1.03 bits per heavy atom. The van der Waals surface area contributed by atoms with Gasteiger partial charge in [0.15, 0.2) is 0 Å². The van der Waals surface area contributed by atoms with Crippen LogP contribution in [0.4, 0.5) is 0 Å². The third kappa shape index (κ3) is 4.40. The molecule has 4 aliphatic carbocycles. The van der Waals surface area contributed by atoms with Crippen molar-refractivity contribution in [1.82, 2.24) is 0 Å². The molecule has 37 heavy (non-hydrogen) atoms. The van der Waals surface area contributed by atoms with E-state index in [1.807, 2.05) is 19.9 Å². The van der Waals surface area contributed by atoms with E-state index in [0.717, 1.165) is 36.8 Å². The predicted octanol–water partition coefficient (Wildman–Crippen LogP) is 5.67. The molecule has 4 fully saturated rings. The Hall–Kier alpha value is -1.66. The summed E-state index contributed by atoms with van der Waals surface area (Å²) in [5.74, 6) is -0.909. The Labute approximate surface area is 222 Å². The van der Waals surface area contributed by atoms with Crippen molar-refractivity contribution in [1.29, 1.82) is 0 Å². The maximum Gasteiger partial charge on any atom is 0.331 e. The number of hydrogen-bond donors (Lipinski definition) is 3. The molecule has 10 atom stereocenters. The van der Waals surface area contributed by atoms with E-state index < -0.39 is 24.1 Å². The maximum absolute atomic E-state index is 12.6. The Balaban J connectivity index is 1.82. The standard InChI is InChI=1S/C31H48O6/c1-17(2)9-8-10-20(28(35)36)26-22-15-24(34)27-29(5)13-12-23(33)18(3)21(29)11-14-30(27,6)31(22,7)16-25(26)37-19(4)32/h9,18,21-25,27,33-34H,8,10-16H2,1-7H3,(H,35,36)/b26-20+/t18-,21?,22?,23?,24?,25?,27?,29?,30?,31?/m0/s1. The van der Waals surface area contributed by atoms with Crippen LogP contribution < -0.4 is 0 Å². The molecule has 208 valence electrons. The van der Waals surface area contributed by atoms with Crippen LogP contribution in [0, 0.1) is 39.9 Å². The van der Waals surface area contributed by atoms with Gasteiger partial charge in [0.25, 0.3) is 0 Å². The topological polar surface area (TPSA) is 104 Å². The zero-order valence-corrected chi connectivity index (χ0v) is 23.8. The van der Waals surface area contributed by atoms with E-state index in [9.17, 15) is 24.9 Å². The molecule has 4 aliphatic rings. The van der Waals surface area contributed by atoms with E-state index in [4.69, 9.17) is 4.74 Å². The Kier molecular flexibility index (Phi) is 7.53. The average molecular weight is 517 g/mol. The van der Waals surface area contributed by atoms with Crippen LogP contribution in [0.1, 0.15) is 99.8 Å². The molecule has 0 spiro atoms. The van der Waals surface area contributed by atoms with E-state index in [-0.39, 0.29) is 40.1 Å². The first kappa shape index (κ1) is 28.4. The second-order valence-corrected chi connectivity index (χ2v) is 13.6. The lowest BCUT2D eigenvalue weighted by Gasteiger charge is -2.69. The molecule has 0 aliphatic heterocycles. The summed E-state index contributed by atoms with van der Waals surface area (Å²) in [6, 6.07) is 0. The van der Waals surface area contributed by atoms with Crippen LogP contribution in [-0.2, 0) is 14.3 Å². The molecular formula is C31H48O6. The molecule has 9 unspecified atom stereocenters. The molecule has 0 aromatic carbocycles. The third-order valence-electron chi connectivity index (χ3n) is 11.6. The van der Waals surface area contributed by atoms with E-state index in [1.165, 1.54) is 6.92 Å². The monoisotopic (exact) mass is 516 g/mol. The van der Waals surface area contributed by atoms with Crippen LogP contribution in [0.15, 0.2) is 22.8 Å². The van der Waals surface area contributed by atoms with Crippen molar-refractivity contribution >= 4 is 11.9 Å². The lowest BCUT2D eigenvalue weighted by Crippen LogP contribution is -2.65. The van der Waals surface area contributed by atoms with Gasteiger partial charge >= 0.3 is 11.9 Å². The SMILES string of the molecule is CC(=O)OC1CC2(C)C(CC(O)C3C4(C)CCC(O)[C@@H](C)C4CCC32C)/C1=C(/CCC=C(C)C)C(=O)O. The fourth-order valence-electron chi connectivity index (χ4n) is 9.79. The summed E-state index contributed by atoms with van der Waals surface area (Å²) < 4.78 is 5.87. The number of aliphatic hydroxyl groups is 2. The Morgan fingerprint density at radius 2 is 1.70 bits per heavy atom. The molecule has 4 rings (SSSR count). The van der Waals surface area contributed by atoms with Crippen LogP contribution in [-0.4, -0.2) is 45.6 Å². The van der Waals surface area contributed by atoms with Crippen LogP contribution in [0.5, 0.6) is 0 Å². The van der Waals surface area contributed by atoms with E-state index >= 15 is 0 Å². The summed E-state index contributed by atoms with van der Waals surface area (Å²) in [6.45, 7) is 14.5. The summed E-state index contributed by atoms with van der Waals surface area (Å²) >= 11 is 0. The molecule has 0 bridgehead atoms. The largest absolute Gasteiger partial charge is 0.478 e. The van der Waals surface area contributed by atoms with Crippen molar-refractivity contribution in [3.8, 4) is 0 Å². The summed E-state index contributed by atoms with van der Waals surface area (Å²) in [5, 5.41) is 32.9. The summed E-state index contributed by atoms with van der Waals surface area (Å²) in [7, 11) is 0. The van der Waals surface area contributed by atoms with Crippen LogP contribution >= 0.6 is 0 Å². The fourth-order valence-corrected chi connectivity index (χ4v) is 9.79. The number of allylic oxidation sites excluding steroid dienone is 2. The summed E-state index contributed by atoms with van der Waals surface area (Å²) in [5.41, 5.74) is 1.57. The quantitative estimate of drug-likeness (QED) is 0.247. The van der Waals surface area contributed by atoms with E-state index in [2.05, 4.69) is 27.7 Å². The molecule has 0 heterocycles. The minimum Gasteiger partial charge on any atom is -0.478 e. The summed E-state index contributed by atoms with van der Waals surface area (Å²) in [4.78, 5) is 24.8. The lowest BCUT2D eigenvalue weighted by molar-refractivity contribution is -0.234. The smallest absolute Gasteiger partial charge is 0.331 e. The van der Waals surface area contributed by atoms with Crippen LogP contribution in [0.3, 0.4) is 0 Å². The molecule has 0 radical (unpaired) electrons. The van der Waals surface area contributed by atoms with Gasteiger partial charge in [0.1, 0.15) is 6.10 Å². The van der Waals surface area contributed by atoms with Gasteiger partial charge in [-0.15, -0.1) is 0 Å². The normalized spacial score (nSPS) is 46.2. The summed E-state index contributed by atoms with van der Waals surface area (Å²) in [6.07, 6.45) is 6.22. The van der Waals surface area contributed by atoms with E-state index in [1.54, 1.807) is 0 Å². The minimum atomic E-state index is -0.953. The minimum absolute atomic E-state index is 0.0474. The maximum atomic E-state index is 12.6. The molecule has 6 nitrogen and oxygen atoms in total. The Bertz CT molecular complexity index is 994. The second-order valence-electron chi connectivity index (χ2n) is 13.6. The van der Waals surface area contributed by atoms with Gasteiger partial charge in [0, 0.05) is 12.5 Å². The molecular weight excluding hydrogens is 468 g/mol. The highest BCUT2D eigenvalue weighted by atomic mass is 16.5. The van der Waals surface area contributed by atoms with Crippen molar-refractivity contribution in [3.05, 3.63) is 22.8 Å². The van der Waals surface area contributed by atoms with Gasteiger partial charge in [-0.1, -0.05) is 39.3 Å². The van der Waals surface area contributed by atoms with Gasteiger partial charge in [0.2, 0.25) is 0 Å².